The Bertz CT molecular complexity index is 1890. The van der Waals surface area contributed by atoms with E-state index in [0.29, 0.717) is 17.5 Å². The molecule has 3 heteroatoms. The fraction of sp³-hybridized carbons (Fsp3) is 0.660. The van der Waals surface area contributed by atoms with Gasteiger partial charge in [-0.25, -0.2) is 0 Å². The van der Waals surface area contributed by atoms with Crippen LogP contribution in [0.3, 0.4) is 0 Å². The zero-order valence-electron chi connectivity index (χ0n) is 37.4. The van der Waals surface area contributed by atoms with Crippen LogP contribution in [0.4, 0.5) is 22.7 Å². The molecule has 1 atom stereocenters. The molecule has 8 rings (SSSR count). The van der Waals surface area contributed by atoms with Gasteiger partial charge in [0.15, 0.2) is 0 Å². The molecule has 2 heterocycles. The van der Waals surface area contributed by atoms with Crippen LogP contribution in [0, 0.1) is 12.3 Å². The van der Waals surface area contributed by atoms with Gasteiger partial charge in [0.05, 0.1) is 0 Å². The fourth-order valence-corrected chi connectivity index (χ4v) is 12.3. The summed E-state index contributed by atoms with van der Waals surface area (Å²) in [7, 11) is 0. The maximum Gasteiger partial charge on any atom is 0.252 e. The van der Waals surface area contributed by atoms with Crippen molar-refractivity contribution in [3.05, 3.63) is 64.2 Å². The van der Waals surface area contributed by atoms with Gasteiger partial charge in [-0.15, -0.1) is 0 Å². The quantitative estimate of drug-likeness (QED) is 0.159. The highest BCUT2D eigenvalue weighted by Crippen LogP contribution is 2.50. The van der Waals surface area contributed by atoms with Gasteiger partial charge in [0, 0.05) is 34.8 Å². The Balaban J connectivity index is 1.38. The molecule has 0 amide bonds. The summed E-state index contributed by atoms with van der Waals surface area (Å²) in [5.41, 5.74) is 19.5. The van der Waals surface area contributed by atoms with E-state index in [-0.39, 0.29) is 17.5 Å². The second-order valence-electron chi connectivity index (χ2n) is 21.6. The van der Waals surface area contributed by atoms with Crippen molar-refractivity contribution in [1.29, 1.82) is 0 Å². The molecule has 0 bridgehead atoms. The first-order chi connectivity index (χ1) is 26.8. The standard InChI is InChI=1S/C53H77BN2/c1-10-12-13-18-21-24-40(11-2)55-47-34-43-42(52(6,7)27-28-53(43,8)9)33-45(47)54-44-31-38-35-51(4,5)36-39(38)32-46(44)56(49-30-37(3)29-48(55)50(49)54)41-25-22-19-16-14-15-17-20-23-26-41/h29-34,40-41H,10-28,35-36H2,1-9H3. The van der Waals surface area contributed by atoms with E-state index >= 15 is 0 Å². The van der Waals surface area contributed by atoms with Gasteiger partial charge in [0.25, 0.3) is 6.71 Å². The maximum atomic E-state index is 2.97. The van der Waals surface area contributed by atoms with Gasteiger partial charge in [-0.3, -0.25) is 0 Å². The summed E-state index contributed by atoms with van der Waals surface area (Å²) in [5.74, 6) is 0. The minimum absolute atomic E-state index is 0.171. The van der Waals surface area contributed by atoms with Crippen molar-refractivity contribution in [3.8, 4) is 0 Å². The molecule has 56 heavy (non-hydrogen) atoms. The van der Waals surface area contributed by atoms with Crippen molar-refractivity contribution in [2.75, 3.05) is 9.80 Å². The highest BCUT2D eigenvalue weighted by molar-refractivity contribution is 7.00. The van der Waals surface area contributed by atoms with E-state index in [1.807, 2.05) is 0 Å². The highest BCUT2D eigenvalue weighted by Gasteiger charge is 2.48. The molecular weight excluding hydrogens is 675 g/mol. The van der Waals surface area contributed by atoms with Gasteiger partial charge in [-0.1, -0.05) is 151 Å². The third kappa shape index (κ3) is 7.42. The second-order valence-corrected chi connectivity index (χ2v) is 21.6. The molecule has 2 aliphatic heterocycles. The number of aryl methyl sites for hydroxylation is 1. The number of hydrogen-bond acceptors (Lipinski definition) is 2. The van der Waals surface area contributed by atoms with Gasteiger partial charge in [-0.2, -0.15) is 0 Å². The molecule has 0 saturated heterocycles. The van der Waals surface area contributed by atoms with E-state index < -0.39 is 0 Å². The summed E-state index contributed by atoms with van der Waals surface area (Å²) in [6.07, 6.45) is 27.9. The number of nitrogens with zero attached hydrogens (tertiary/aromatic N) is 2. The molecule has 302 valence electrons. The first kappa shape index (κ1) is 40.1. The van der Waals surface area contributed by atoms with Crippen LogP contribution < -0.4 is 26.2 Å². The molecule has 3 aromatic carbocycles. The zero-order valence-corrected chi connectivity index (χ0v) is 37.4. The minimum atomic E-state index is 0.171. The van der Waals surface area contributed by atoms with Crippen LogP contribution in [-0.2, 0) is 23.7 Å². The number of unbranched alkanes of at least 4 members (excludes halogenated alkanes) is 4. The Labute approximate surface area is 344 Å². The summed E-state index contributed by atoms with van der Waals surface area (Å²) >= 11 is 0. The predicted molar refractivity (Wildman–Crippen MR) is 247 cm³/mol. The van der Waals surface area contributed by atoms with E-state index in [2.05, 4.69) is 109 Å². The molecule has 1 saturated carbocycles. The van der Waals surface area contributed by atoms with Gasteiger partial charge < -0.3 is 9.80 Å². The van der Waals surface area contributed by atoms with E-state index in [1.54, 1.807) is 50.0 Å². The van der Waals surface area contributed by atoms with Crippen molar-refractivity contribution in [1.82, 2.24) is 0 Å². The molecular formula is C53H77BN2. The first-order valence-electron chi connectivity index (χ1n) is 23.9. The first-order valence-corrected chi connectivity index (χ1v) is 23.9. The maximum absolute atomic E-state index is 2.97. The van der Waals surface area contributed by atoms with Crippen molar-refractivity contribution in [2.45, 2.75) is 220 Å². The number of rotatable bonds is 9. The number of hydrogen-bond donors (Lipinski definition) is 0. The average molecular weight is 753 g/mol. The fourth-order valence-electron chi connectivity index (χ4n) is 12.3. The molecule has 0 N–H and O–H groups in total. The van der Waals surface area contributed by atoms with E-state index in [0.717, 1.165) is 0 Å². The minimum Gasteiger partial charge on any atom is -0.339 e. The van der Waals surface area contributed by atoms with Crippen LogP contribution in [0.15, 0.2) is 36.4 Å². The zero-order chi connectivity index (χ0) is 39.4. The van der Waals surface area contributed by atoms with Crippen molar-refractivity contribution < 1.29 is 0 Å². The summed E-state index contributed by atoms with van der Waals surface area (Å²) in [6, 6.07) is 17.3. The van der Waals surface area contributed by atoms with Crippen molar-refractivity contribution in [2.24, 2.45) is 5.41 Å². The highest BCUT2D eigenvalue weighted by atomic mass is 15.2. The number of fused-ring (bicyclic) bond motifs is 6. The van der Waals surface area contributed by atoms with Crippen LogP contribution in [0.1, 0.15) is 205 Å². The molecule has 2 nitrogen and oxygen atoms in total. The van der Waals surface area contributed by atoms with Crippen LogP contribution in [0.25, 0.3) is 0 Å². The third-order valence-corrected chi connectivity index (χ3v) is 15.6. The Kier molecular flexibility index (Phi) is 11.3. The van der Waals surface area contributed by atoms with E-state index in [4.69, 9.17) is 0 Å². The number of benzene rings is 3. The molecule has 5 aliphatic rings. The lowest BCUT2D eigenvalue weighted by molar-refractivity contribution is 0.332. The van der Waals surface area contributed by atoms with Crippen LogP contribution in [-0.4, -0.2) is 18.8 Å². The summed E-state index contributed by atoms with van der Waals surface area (Å²) in [5, 5.41) is 0. The van der Waals surface area contributed by atoms with Crippen molar-refractivity contribution >= 4 is 45.9 Å². The molecule has 0 aromatic heterocycles. The molecule has 1 fully saturated rings. The summed E-state index contributed by atoms with van der Waals surface area (Å²) < 4.78 is 0. The summed E-state index contributed by atoms with van der Waals surface area (Å²) in [4.78, 5) is 5.91. The van der Waals surface area contributed by atoms with E-state index in [1.165, 1.54) is 152 Å². The summed E-state index contributed by atoms with van der Waals surface area (Å²) in [6.45, 7) is 22.6. The van der Waals surface area contributed by atoms with Gasteiger partial charge >= 0.3 is 0 Å². The van der Waals surface area contributed by atoms with Crippen molar-refractivity contribution in [3.63, 3.8) is 0 Å². The largest absolute Gasteiger partial charge is 0.339 e. The monoisotopic (exact) mass is 753 g/mol. The van der Waals surface area contributed by atoms with Gasteiger partial charge in [0.1, 0.15) is 0 Å². The Morgan fingerprint density at radius 2 is 1.20 bits per heavy atom. The van der Waals surface area contributed by atoms with Gasteiger partial charge in [0.2, 0.25) is 0 Å². The molecule has 3 aliphatic carbocycles. The van der Waals surface area contributed by atoms with Crippen LogP contribution >= 0.6 is 0 Å². The Hall–Kier alpha value is -2.68. The second kappa shape index (κ2) is 15.8. The lowest BCUT2D eigenvalue weighted by Crippen LogP contribution is -2.64. The number of anilines is 4. The van der Waals surface area contributed by atoms with Crippen LogP contribution in [0.5, 0.6) is 0 Å². The SMILES string of the molecule is CCCCCCCC(CC)N1c2cc3c(cc2B2c4cc5c(cc4N(C4CCCCCCCCCC4)c4cc(C)cc1c42)CC(C)(C)C5)C(C)(C)CCC3(C)C. The lowest BCUT2D eigenvalue weighted by atomic mass is 9.33. The predicted octanol–water partition coefficient (Wildman–Crippen LogP) is 13.3. The van der Waals surface area contributed by atoms with E-state index in [9.17, 15) is 0 Å². The Morgan fingerprint density at radius 1 is 0.625 bits per heavy atom. The molecule has 3 aromatic rings. The smallest absolute Gasteiger partial charge is 0.252 e. The normalized spacial score (nSPS) is 21.7. The molecule has 1 unspecified atom stereocenters. The van der Waals surface area contributed by atoms with Gasteiger partial charge in [-0.05, 0) is 143 Å². The van der Waals surface area contributed by atoms with Crippen LogP contribution in [0.2, 0.25) is 0 Å². The third-order valence-electron chi connectivity index (χ3n) is 15.6. The average Bonchev–Trinajstić information content (AvgIpc) is 3.43. The topological polar surface area (TPSA) is 6.48 Å². The Morgan fingerprint density at radius 3 is 1.84 bits per heavy atom. The molecule has 0 radical (unpaired) electrons. The molecule has 0 spiro atoms. The lowest BCUT2D eigenvalue weighted by Gasteiger charge is -2.50.